The van der Waals surface area contributed by atoms with E-state index in [2.05, 4.69) is 36.0 Å². The molecule has 21 heavy (non-hydrogen) atoms. The van der Waals surface area contributed by atoms with Gasteiger partial charge >= 0.3 is 5.97 Å². The van der Waals surface area contributed by atoms with Crippen LogP contribution >= 0.6 is 0 Å². The normalized spacial score (nSPS) is 16.6. The zero-order valence-electron chi connectivity index (χ0n) is 13.3. The van der Waals surface area contributed by atoms with Gasteiger partial charge in [0.25, 0.3) is 0 Å². The fourth-order valence-corrected chi connectivity index (χ4v) is 2.72. The number of aryl methyl sites for hydroxylation is 2. The first-order chi connectivity index (χ1) is 9.92. The molecular weight excluding hydrogens is 264 g/mol. The van der Waals surface area contributed by atoms with Gasteiger partial charge in [0.2, 0.25) is 0 Å². The lowest BCUT2D eigenvalue weighted by Crippen LogP contribution is -2.02. The van der Waals surface area contributed by atoms with E-state index in [1.807, 2.05) is 13.8 Å². The molecule has 0 bridgehead atoms. The largest absolute Gasteiger partial charge is 0.469 e. The quantitative estimate of drug-likeness (QED) is 0.858. The summed E-state index contributed by atoms with van der Waals surface area (Å²) in [6.45, 7) is 8.15. The maximum absolute atomic E-state index is 11.5. The van der Waals surface area contributed by atoms with Crippen LogP contribution in [0.3, 0.4) is 0 Å². The van der Waals surface area contributed by atoms with Gasteiger partial charge in [-0.1, -0.05) is 0 Å². The molecule has 0 spiro atoms. The van der Waals surface area contributed by atoms with Crippen LogP contribution in [0.5, 0.6) is 0 Å². The minimum Gasteiger partial charge on any atom is -0.469 e. The van der Waals surface area contributed by atoms with Crippen molar-refractivity contribution < 1.29 is 9.53 Å². The molecule has 112 valence electrons. The highest BCUT2D eigenvalue weighted by atomic mass is 16.5. The molecule has 2 heterocycles. The van der Waals surface area contributed by atoms with Gasteiger partial charge in [0.05, 0.1) is 12.8 Å². The minimum absolute atomic E-state index is 0.200. The Morgan fingerprint density at radius 2 is 1.95 bits per heavy atom. The Bertz CT molecular complexity index is 660. The molecule has 4 nitrogen and oxygen atoms in total. The van der Waals surface area contributed by atoms with E-state index in [-0.39, 0.29) is 5.97 Å². The number of aliphatic imine (C=N–C) groups is 1. The first-order valence-electron chi connectivity index (χ1n) is 7.13. The molecular formula is C17H22N2O2. The van der Waals surface area contributed by atoms with Crippen LogP contribution in [0.25, 0.3) is 5.57 Å². The Labute approximate surface area is 125 Å². The number of carbonyl (C=O) groups is 1. The molecule has 0 saturated heterocycles. The lowest BCUT2D eigenvalue weighted by Gasteiger charge is -2.11. The predicted octanol–water partition coefficient (Wildman–Crippen LogP) is 3.72. The number of methoxy groups -OCH3 is 1. The fraction of sp³-hybridized carbons (Fsp3) is 0.412. The molecule has 0 unspecified atom stereocenters. The van der Waals surface area contributed by atoms with E-state index in [1.165, 1.54) is 12.7 Å². The summed E-state index contributed by atoms with van der Waals surface area (Å²) in [6, 6.07) is 2.11. The van der Waals surface area contributed by atoms with E-state index >= 15 is 0 Å². The van der Waals surface area contributed by atoms with Crippen LogP contribution in [0.15, 0.2) is 28.4 Å². The lowest BCUT2D eigenvalue weighted by atomic mass is 9.99. The van der Waals surface area contributed by atoms with Crippen LogP contribution in [-0.2, 0) is 9.53 Å². The van der Waals surface area contributed by atoms with Crippen molar-refractivity contribution in [3.63, 3.8) is 0 Å². The molecule has 0 fully saturated rings. The van der Waals surface area contributed by atoms with Crippen molar-refractivity contribution in [3.05, 3.63) is 40.4 Å². The predicted molar refractivity (Wildman–Crippen MR) is 85.3 cm³/mol. The summed E-state index contributed by atoms with van der Waals surface area (Å²) in [6.07, 6.45) is 3.04. The number of aromatic nitrogens is 1. The van der Waals surface area contributed by atoms with Crippen molar-refractivity contribution >= 4 is 17.3 Å². The first-order valence-corrected chi connectivity index (χ1v) is 7.13. The summed E-state index contributed by atoms with van der Waals surface area (Å²) in [5.41, 5.74) is 7.54. The van der Waals surface area contributed by atoms with Gasteiger partial charge in [-0.3, -0.25) is 9.79 Å². The van der Waals surface area contributed by atoms with Gasteiger partial charge in [-0.15, -0.1) is 0 Å². The number of nitrogens with one attached hydrogen (secondary N) is 1. The fourth-order valence-electron chi connectivity index (χ4n) is 2.72. The van der Waals surface area contributed by atoms with Gasteiger partial charge in [-0.05, 0) is 57.4 Å². The summed E-state index contributed by atoms with van der Waals surface area (Å²) in [4.78, 5) is 19.5. The Hall–Kier alpha value is -2.10. The highest BCUT2D eigenvalue weighted by molar-refractivity contribution is 5.99. The molecule has 1 aromatic heterocycles. The SMILES string of the molecule is COC(=O)CC/C(=C1/N=C(C)C=C1C)c1[nH]c(C)cc1C. The van der Waals surface area contributed by atoms with Gasteiger partial charge in [-0.2, -0.15) is 0 Å². The average molecular weight is 286 g/mol. The van der Waals surface area contributed by atoms with Gasteiger partial charge < -0.3 is 9.72 Å². The first kappa shape index (κ1) is 15.3. The van der Waals surface area contributed by atoms with Gasteiger partial charge in [0.15, 0.2) is 0 Å². The molecule has 0 amide bonds. The number of nitrogens with zero attached hydrogens (tertiary/aromatic N) is 1. The zero-order chi connectivity index (χ0) is 15.6. The van der Waals surface area contributed by atoms with Crippen molar-refractivity contribution in [1.29, 1.82) is 0 Å². The third-order valence-electron chi connectivity index (χ3n) is 3.63. The number of H-pyrrole nitrogens is 1. The highest BCUT2D eigenvalue weighted by Gasteiger charge is 2.19. The van der Waals surface area contributed by atoms with Crippen LogP contribution in [0.4, 0.5) is 0 Å². The van der Waals surface area contributed by atoms with Crippen LogP contribution in [0.2, 0.25) is 0 Å². The molecule has 0 atom stereocenters. The zero-order valence-corrected chi connectivity index (χ0v) is 13.3. The maximum Gasteiger partial charge on any atom is 0.305 e. The number of hydrogen-bond acceptors (Lipinski definition) is 3. The molecule has 1 N–H and O–H groups in total. The van der Waals surface area contributed by atoms with Crippen molar-refractivity contribution in [2.24, 2.45) is 4.99 Å². The molecule has 0 aromatic carbocycles. The smallest absolute Gasteiger partial charge is 0.305 e. The molecule has 0 aliphatic carbocycles. The third kappa shape index (κ3) is 3.32. The summed E-state index contributed by atoms with van der Waals surface area (Å²) in [5.74, 6) is -0.200. The van der Waals surface area contributed by atoms with E-state index in [0.717, 1.165) is 33.9 Å². The summed E-state index contributed by atoms with van der Waals surface area (Å²) in [7, 11) is 1.42. The number of aromatic amines is 1. The van der Waals surface area contributed by atoms with Crippen LogP contribution in [0.1, 0.15) is 43.6 Å². The van der Waals surface area contributed by atoms with Crippen molar-refractivity contribution in [2.45, 2.75) is 40.5 Å². The topological polar surface area (TPSA) is 54.4 Å². The molecule has 4 heteroatoms. The van der Waals surface area contributed by atoms with Gasteiger partial charge in [0, 0.05) is 29.1 Å². The van der Waals surface area contributed by atoms with Crippen molar-refractivity contribution in [2.75, 3.05) is 7.11 Å². The van der Waals surface area contributed by atoms with E-state index < -0.39 is 0 Å². The average Bonchev–Trinajstić information content (AvgIpc) is 2.92. The van der Waals surface area contributed by atoms with Crippen molar-refractivity contribution in [1.82, 2.24) is 4.98 Å². The third-order valence-corrected chi connectivity index (χ3v) is 3.63. The highest BCUT2D eigenvalue weighted by Crippen LogP contribution is 2.33. The number of ether oxygens (including phenoxy) is 1. The second-order valence-corrected chi connectivity index (χ2v) is 5.49. The second-order valence-electron chi connectivity index (χ2n) is 5.49. The molecule has 0 radical (unpaired) electrons. The minimum atomic E-state index is -0.200. The monoisotopic (exact) mass is 286 g/mol. The maximum atomic E-state index is 11.5. The summed E-state index contributed by atoms with van der Waals surface area (Å²) >= 11 is 0. The number of esters is 1. The van der Waals surface area contributed by atoms with E-state index in [4.69, 9.17) is 4.74 Å². The Morgan fingerprint density at radius 3 is 2.43 bits per heavy atom. The van der Waals surface area contributed by atoms with Crippen LogP contribution in [0, 0.1) is 13.8 Å². The number of hydrogen-bond donors (Lipinski definition) is 1. The van der Waals surface area contributed by atoms with E-state index in [9.17, 15) is 4.79 Å². The van der Waals surface area contributed by atoms with E-state index in [1.54, 1.807) is 0 Å². The molecule has 2 rings (SSSR count). The Morgan fingerprint density at radius 1 is 1.24 bits per heavy atom. The number of rotatable bonds is 4. The molecule has 1 aromatic rings. The number of allylic oxidation sites excluding steroid dienone is 3. The molecule has 1 aliphatic heterocycles. The number of carbonyl (C=O) groups excluding carboxylic acids is 1. The van der Waals surface area contributed by atoms with Gasteiger partial charge in [-0.25, -0.2) is 0 Å². The van der Waals surface area contributed by atoms with Crippen molar-refractivity contribution in [3.8, 4) is 0 Å². The van der Waals surface area contributed by atoms with Crippen LogP contribution < -0.4 is 0 Å². The molecule has 1 aliphatic rings. The summed E-state index contributed by atoms with van der Waals surface area (Å²) < 4.78 is 4.76. The van der Waals surface area contributed by atoms with E-state index in [0.29, 0.717) is 12.8 Å². The standard InChI is InChI=1S/C17H22N2O2/c1-10-8-12(3)18-16(10)14(6-7-15(20)21-5)17-11(2)9-13(4)19-17/h8-9,18H,6-7H2,1-5H3/b17-14-. The second kappa shape index (κ2) is 6.12. The Kier molecular flexibility index (Phi) is 4.46. The summed E-state index contributed by atoms with van der Waals surface area (Å²) in [5, 5.41) is 0. The van der Waals surface area contributed by atoms with Crippen LogP contribution in [-0.4, -0.2) is 23.8 Å². The lowest BCUT2D eigenvalue weighted by molar-refractivity contribution is -0.140. The van der Waals surface area contributed by atoms with Gasteiger partial charge in [0.1, 0.15) is 0 Å². The Balaban J connectivity index is 2.46. The molecule has 0 saturated carbocycles.